The van der Waals surface area contributed by atoms with Crippen LogP contribution in [0.3, 0.4) is 0 Å². The van der Waals surface area contributed by atoms with Gasteiger partial charge in [-0.05, 0) is 22.0 Å². The molecule has 0 aliphatic carbocycles. The van der Waals surface area contributed by atoms with Crippen LogP contribution in [-0.4, -0.2) is 42.6 Å². The van der Waals surface area contributed by atoms with Crippen LogP contribution in [0.5, 0.6) is 5.75 Å². The van der Waals surface area contributed by atoms with Gasteiger partial charge in [-0.3, -0.25) is 4.90 Å². The van der Waals surface area contributed by atoms with Gasteiger partial charge in [0.25, 0.3) is 6.43 Å². The Bertz CT molecular complexity index is 462. The molecular weight excluding hydrogens is 396 g/mol. The van der Waals surface area contributed by atoms with Crippen molar-refractivity contribution in [2.45, 2.75) is 12.5 Å². The van der Waals surface area contributed by atoms with E-state index in [0.717, 1.165) is 0 Å². The predicted octanol–water partition coefficient (Wildman–Crippen LogP) is 3.35. The zero-order valence-corrected chi connectivity index (χ0v) is 14.1. The summed E-state index contributed by atoms with van der Waals surface area (Å²) < 4.78 is 40.2. The number of hydrogen-bond acceptors (Lipinski definition) is 3. The van der Waals surface area contributed by atoms with E-state index < -0.39 is 24.0 Å². The summed E-state index contributed by atoms with van der Waals surface area (Å²) >= 11 is 2.92. The van der Waals surface area contributed by atoms with E-state index >= 15 is 0 Å². The number of nitrogens with one attached hydrogen (secondary N) is 1. The van der Waals surface area contributed by atoms with Gasteiger partial charge in [-0.25, -0.2) is 13.2 Å². The number of aromatic hydroxyl groups is 1. The van der Waals surface area contributed by atoms with Crippen molar-refractivity contribution in [1.82, 2.24) is 10.2 Å². The summed E-state index contributed by atoms with van der Waals surface area (Å²) in [5.74, 6) is -1.61. The summed E-state index contributed by atoms with van der Waals surface area (Å²) in [5, 5.41) is 12.8. The van der Waals surface area contributed by atoms with Gasteiger partial charge in [-0.15, -0.1) is 24.8 Å². The summed E-state index contributed by atoms with van der Waals surface area (Å²) in [5.41, 5.74) is -0.0717. The molecule has 9 heteroatoms. The molecular formula is C12H16BrCl2F3N2O. The minimum absolute atomic E-state index is 0. The van der Waals surface area contributed by atoms with Crippen LogP contribution in [0.25, 0.3) is 0 Å². The summed E-state index contributed by atoms with van der Waals surface area (Å²) in [6.45, 7) is 2.07. The number of halogens is 6. The quantitative estimate of drug-likeness (QED) is 0.800. The van der Waals surface area contributed by atoms with E-state index in [-0.39, 0.29) is 34.9 Å². The molecule has 1 atom stereocenters. The topological polar surface area (TPSA) is 35.5 Å². The number of phenols is 1. The average molecular weight is 412 g/mol. The highest BCUT2D eigenvalue weighted by Crippen LogP contribution is 2.37. The fourth-order valence-electron chi connectivity index (χ4n) is 2.25. The molecule has 0 amide bonds. The molecule has 2 rings (SSSR count). The first-order valence-corrected chi connectivity index (χ1v) is 6.71. The lowest BCUT2D eigenvalue weighted by Gasteiger charge is -2.34. The van der Waals surface area contributed by atoms with Crippen LogP contribution in [0.15, 0.2) is 16.6 Å². The van der Waals surface area contributed by atoms with Crippen LogP contribution in [0.2, 0.25) is 0 Å². The standard InChI is InChI=1S/C12H14BrF3N2O.2ClH/c13-8-2-1-7(11(19)9(8)14)10(12(15)16)18-5-3-17-4-6-18;;/h1-2,10,12,17,19H,3-6H2;2*1H/t10-;;/m0../s1. The zero-order valence-electron chi connectivity index (χ0n) is 10.9. The van der Waals surface area contributed by atoms with Crippen molar-refractivity contribution in [1.29, 1.82) is 0 Å². The molecule has 0 unspecified atom stereocenters. The Morgan fingerprint density at radius 2 is 1.76 bits per heavy atom. The summed E-state index contributed by atoms with van der Waals surface area (Å²) in [6.07, 6.45) is -2.69. The van der Waals surface area contributed by atoms with Crippen molar-refractivity contribution in [3.8, 4) is 5.75 Å². The van der Waals surface area contributed by atoms with Gasteiger partial charge >= 0.3 is 0 Å². The van der Waals surface area contributed by atoms with Gasteiger partial charge < -0.3 is 10.4 Å². The van der Waals surface area contributed by atoms with E-state index in [1.807, 2.05) is 0 Å². The minimum Gasteiger partial charge on any atom is -0.505 e. The fourth-order valence-corrected chi connectivity index (χ4v) is 2.57. The number of phenolic OH excluding ortho intramolecular Hbond substituents is 1. The lowest BCUT2D eigenvalue weighted by molar-refractivity contribution is 0.0168. The maximum absolute atomic E-state index is 13.6. The maximum Gasteiger partial charge on any atom is 0.258 e. The first-order chi connectivity index (χ1) is 9.02. The number of benzene rings is 1. The summed E-state index contributed by atoms with van der Waals surface area (Å²) in [6, 6.07) is 1.38. The smallest absolute Gasteiger partial charge is 0.258 e. The largest absolute Gasteiger partial charge is 0.505 e. The number of hydrogen-bond donors (Lipinski definition) is 2. The molecule has 1 heterocycles. The molecule has 3 nitrogen and oxygen atoms in total. The highest BCUT2D eigenvalue weighted by Gasteiger charge is 2.33. The van der Waals surface area contributed by atoms with Crippen LogP contribution in [0.4, 0.5) is 13.2 Å². The third-order valence-corrected chi connectivity index (χ3v) is 3.81. The monoisotopic (exact) mass is 410 g/mol. The van der Waals surface area contributed by atoms with Crippen LogP contribution >= 0.6 is 40.7 Å². The molecule has 1 aliphatic rings. The number of alkyl halides is 2. The molecule has 122 valence electrons. The number of rotatable bonds is 3. The van der Waals surface area contributed by atoms with Crippen molar-refractivity contribution in [3.63, 3.8) is 0 Å². The van der Waals surface area contributed by atoms with E-state index in [1.54, 1.807) is 4.90 Å². The van der Waals surface area contributed by atoms with E-state index in [2.05, 4.69) is 21.2 Å². The fraction of sp³-hybridized carbons (Fsp3) is 0.500. The average Bonchev–Trinajstić information content (AvgIpc) is 2.40. The normalized spacial score (nSPS) is 17.0. The summed E-state index contributed by atoms with van der Waals surface area (Å²) in [7, 11) is 0. The third kappa shape index (κ3) is 4.63. The number of piperazine rings is 1. The van der Waals surface area contributed by atoms with Crippen LogP contribution in [0, 0.1) is 5.82 Å². The van der Waals surface area contributed by atoms with Crippen molar-refractivity contribution >= 4 is 40.7 Å². The molecule has 2 N–H and O–H groups in total. The van der Waals surface area contributed by atoms with Crippen LogP contribution < -0.4 is 5.32 Å². The molecule has 0 saturated carbocycles. The van der Waals surface area contributed by atoms with Crippen molar-refractivity contribution in [2.24, 2.45) is 0 Å². The summed E-state index contributed by atoms with van der Waals surface area (Å²) in [4.78, 5) is 1.56. The second-order valence-corrected chi connectivity index (χ2v) is 5.22. The lowest BCUT2D eigenvalue weighted by Crippen LogP contribution is -2.46. The SMILES string of the molecule is Cl.Cl.Oc1c([C@@H](C(F)F)N2CCNCC2)ccc(Br)c1F. The number of nitrogens with zero attached hydrogens (tertiary/aromatic N) is 1. The Morgan fingerprint density at radius 3 is 2.29 bits per heavy atom. The third-order valence-electron chi connectivity index (χ3n) is 3.20. The predicted molar refractivity (Wildman–Crippen MR) is 83.4 cm³/mol. The van der Waals surface area contributed by atoms with Crippen LogP contribution in [-0.2, 0) is 0 Å². The Balaban J connectivity index is 0.00000200. The Labute approximate surface area is 141 Å². The molecule has 1 aromatic rings. The second kappa shape index (κ2) is 9.05. The van der Waals surface area contributed by atoms with Gasteiger partial charge in [0.05, 0.1) is 4.47 Å². The van der Waals surface area contributed by atoms with Gasteiger partial charge in [0.2, 0.25) is 0 Å². The molecule has 0 aromatic heterocycles. The molecule has 1 fully saturated rings. The first kappa shape index (κ1) is 20.8. The molecule has 0 bridgehead atoms. The van der Waals surface area contributed by atoms with Gasteiger partial charge in [0.15, 0.2) is 11.6 Å². The van der Waals surface area contributed by atoms with Gasteiger partial charge in [0.1, 0.15) is 6.04 Å². The Hall–Kier alpha value is -0.210. The Kier molecular flexibility index (Phi) is 8.96. The second-order valence-electron chi connectivity index (χ2n) is 4.36. The molecule has 1 saturated heterocycles. The molecule has 1 aromatic carbocycles. The Morgan fingerprint density at radius 1 is 1.19 bits per heavy atom. The highest BCUT2D eigenvalue weighted by molar-refractivity contribution is 9.10. The van der Waals surface area contributed by atoms with Gasteiger partial charge in [-0.1, -0.05) is 6.07 Å². The van der Waals surface area contributed by atoms with Crippen LogP contribution in [0.1, 0.15) is 11.6 Å². The molecule has 21 heavy (non-hydrogen) atoms. The molecule has 0 spiro atoms. The van der Waals surface area contributed by atoms with Crippen molar-refractivity contribution in [3.05, 3.63) is 28.0 Å². The first-order valence-electron chi connectivity index (χ1n) is 5.92. The van der Waals surface area contributed by atoms with E-state index in [0.29, 0.717) is 26.2 Å². The van der Waals surface area contributed by atoms with E-state index in [1.165, 1.54) is 12.1 Å². The minimum atomic E-state index is -2.69. The van der Waals surface area contributed by atoms with Gasteiger partial charge in [0, 0.05) is 31.7 Å². The highest BCUT2D eigenvalue weighted by atomic mass is 79.9. The van der Waals surface area contributed by atoms with Crippen molar-refractivity contribution < 1.29 is 18.3 Å². The lowest BCUT2D eigenvalue weighted by atomic mass is 10.0. The maximum atomic E-state index is 13.6. The zero-order chi connectivity index (χ0) is 14.0. The molecule has 1 aliphatic heterocycles. The van der Waals surface area contributed by atoms with Crippen molar-refractivity contribution in [2.75, 3.05) is 26.2 Å². The van der Waals surface area contributed by atoms with E-state index in [9.17, 15) is 18.3 Å². The molecule has 0 radical (unpaired) electrons. The van der Waals surface area contributed by atoms with Gasteiger partial charge in [-0.2, -0.15) is 0 Å². The van der Waals surface area contributed by atoms with E-state index in [4.69, 9.17) is 0 Å².